The first-order valence-corrected chi connectivity index (χ1v) is 5.99. The van der Waals surface area contributed by atoms with E-state index in [1.807, 2.05) is 0 Å². The molecule has 16 heavy (non-hydrogen) atoms. The van der Waals surface area contributed by atoms with Crippen molar-refractivity contribution in [3.05, 3.63) is 11.4 Å². The van der Waals surface area contributed by atoms with Gasteiger partial charge < -0.3 is 10.1 Å². The molecule has 0 radical (unpaired) electrons. The summed E-state index contributed by atoms with van der Waals surface area (Å²) in [5.41, 5.74) is 3.49. The van der Waals surface area contributed by atoms with Gasteiger partial charge in [-0.3, -0.25) is 4.68 Å². The number of rotatable bonds is 3. The Labute approximate surface area is 97.0 Å². The largest absolute Gasteiger partial charge is 0.379 e. The van der Waals surface area contributed by atoms with Gasteiger partial charge in [-0.1, -0.05) is 0 Å². The molecular formula is C12H21N3O. The molecule has 0 spiro atoms. The van der Waals surface area contributed by atoms with Gasteiger partial charge in [0.2, 0.25) is 0 Å². The quantitative estimate of drug-likeness (QED) is 0.854. The summed E-state index contributed by atoms with van der Waals surface area (Å²) in [6.07, 6.45) is 1.09. The van der Waals surface area contributed by atoms with Gasteiger partial charge in [0, 0.05) is 12.6 Å². The molecule has 0 amide bonds. The highest BCUT2D eigenvalue weighted by atomic mass is 16.5. The fourth-order valence-electron chi connectivity index (χ4n) is 2.23. The molecule has 1 atom stereocenters. The number of anilines is 1. The summed E-state index contributed by atoms with van der Waals surface area (Å²) in [4.78, 5) is 0. The van der Waals surface area contributed by atoms with E-state index in [-0.39, 0.29) is 0 Å². The molecule has 1 aliphatic heterocycles. The van der Waals surface area contributed by atoms with Crippen molar-refractivity contribution < 1.29 is 4.74 Å². The lowest BCUT2D eigenvalue weighted by atomic mass is 10.2. The molecule has 1 aromatic rings. The van der Waals surface area contributed by atoms with Crippen molar-refractivity contribution in [2.75, 3.05) is 18.5 Å². The number of hydrogen-bond acceptors (Lipinski definition) is 3. The van der Waals surface area contributed by atoms with Crippen LogP contribution in [-0.4, -0.2) is 29.0 Å². The molecule has 1 fully saturated rings. The van der Waals surface area contributed by atoms with E-state index in [1.165, 1.54) is 11.4 Å². The predicted molar refractivity (Wildman–Crippen MR) is 64.9 cm³/mol. The summed E-state index contributed by atoms with van der Waals surface area (Å²) in [6.45, 7) is 10.2. The van der Waals surface area contributed by atoms with E-state index in [0.717, 1.165) is 25.3 Å². The molecule has 1 N–H and O–H groups in total. The van der Waals surface area contributed by atoms with Gasteiger partial charge in [0.25, 0.3) is 0 Å². The maximum absolute atomic E-state index is 5.37. The third-order valence-corrected chi connectivity index (χ3v) is 3.09. The zero-order valence-corrected chi connectivity index (χ0v) is 10.6. The highest BCUT2D eigenvalue weighted by molar-refractivity contribution is 5.53. The Hall–Kier alpha value is -1.03. The van der Waals surface area contributed by atoms with Gasteiger partial charge in [-0.2, -0.15) is 5.10 Å². The van der Waals surface area contributed by atoms with Gasteiger partial charge in [-0.25, -0.2) is 0 Å². The maximum Gasteiger partial charge on any atom is 0.0828 e. The molecule has 4 heteroatoms. The number of ether oxygens (including phenoxy) is 1. The molecule has 2 rings (SSSR count). The minimum Gasteiger partial charge on any atom is -0.379 e. The van der Waals surface area contributed by atoms with Gasteiger partial charge in [0.15, 0.2) is 0 Å². The lowest BCUT2D eigenvalue weighted by Gasteiger charge is -2.13. The average molecular weight is 223 g/mol. The third kappa shape index (κ3) is 2.07. The summed E-state index contributed by atoms with van der Waals surface area (Å²) < 4.78 is 7.45. The molecule has 0 bridgehead atoms. The maximum atomic E-state index is 5.37. The van der Waals surface area contributed by atoms with Gasteiger partial charge in [-0.05, 0) is 34.1 Å². The van der Waals surface area contributed by atoms with Crippen LogP contribution in [0.1, 0.15) is 37.7 Å². The summed E-state index contributed by atoms with van der Waals surface area (Å²) in [7, 11) is 0. The van der Waals surface area contributed by atoms with Crippen LogP contribution in [0, 0.1) is 13.8 Å². The Bertz CT molecular complexity index is 365. The molecule has 2 heterocycles. The van der Waals surface area contributed by atoms with Crippen molar-refractivity contribution in [1.82, 2.24) is 9.78 Å². The first kappa shape index (κ1) is 11.5. The SMILES string of the molecule is Cc1nn(C(C)C)c(C)c1NC1CCOC1. The smallest absolute Gasteiger partial charge is 0.0828 e. The highest BCUT2D eigenvalue weighted by Gasteiger charge is 2.20. The van der Waals surface area contributed by atoms with E-state index in [1.54, 1.807) is 0 Å². The summed E-state index contributed by atoms with van der Waals surface area (Å²) >= 11 is 0. The second-order valence-corrected chi connectivity index (χ2v) is 4.79. The predicted octanol–water partition coefficient (Wildman–Crippen LogP) is 2.28. The topological polar surface area (TPSA) is 39.1 Å². The molecule has 0 aromatic carbocycles. The average Bonchev–Trinajstić information content (AvgIpc) is 2.81. The molecule has 0 saturated carbocycles. The minimum absolute atomic E-state index is 0.411. The van der Waals surface area contributed by atoms with Crippen LogP contribution in [0.25, 0.3) is 0 Å². The second-order valence-electron chi connectivity index (χ2n) is 4.79. The Kier molecular flexibility index (Phi) is 3.19. The molecule has 1 unspecified atom stereocenters. The van der Waals surface area contributed by atoms with Gasteiger partial charge in [0.1, 0.15) is 0 Å². The van der Waals surface area contributed by atoms with E-state index in [0.29, 0.717) is 12.1 Å². The van der Waals surface area contributed by atoms with Crippen LogP contribution >= 0.6 is 0 Å². The third-order valence-electron chi connectivity index (χ3n) is 3.09. The lowest BCUT2D eigenvalue weighted by Crippen LogP contribution is -2.19. The van der Waals surface area contributed by atoms with E-state index in [2.05, 4.69) is 42.8 Å². The number of aryl methyl sites for hydroxylation is 1. The number of nitrogens with one attached hydrogen (secondary N) is 1. The van der Waals surface area contributed by atoms with Crippen LogP contribution < -0.4 is 5.32 Å². The first-order valence-electron chi connectivity index (χ1n) is 5.99. The van der Waals surface area contributed by atoms with Crippen LogP contribution in [-0.2, 0) is 4.74 Å². The van der Waals surface area contributed by atoms with Gasteiger partial charge in [-0.15, -0.1) is 0 Å². The van der Waals surface area contributed by atoms with Crippen molar-refractivity contribution in [1.29, 1.82) is 0 Å². The number of hydrogen-bond donors (Lipinski definition) is 1. The Balaban J connectivity index is 2.19. The monoisotopic (exact) mass is 223 g/mol. The molecule has 1 saturated heterocycles. The Morgan fingerprint density at radius 3 is 2.69 bits per heavy atom. The van der Waals surface area contributed by atoms with Crippen molar-refractivity contribution in [2.45, 2.75) is 46.2 Å². The van der Waals surface area contributed by atoms with E-state index < -0.39 is 0 Å². The first-order chi connectivity index (χ1) is 7.59. The van der Waals surface area contributed by atoms with Crippen molar-refractivity contribution in [2.24, 2.45) is 0 Å². The Morgan fingerprint density at radius 1 is 1.44 bits per heavy atom. The Morgan fingerprint density at radius 2 is 2.19 bits per heavy atom. The molecule has 1 aromatic heterocycles. The van der Waals surface area contributed by atoms with Crippen LogP contribution in [0.15, 0.2) is 0 Å². The van der Waals surface area contributed by atoms with Crippen LogP contribution in [0.3, 0.4) is 0 Å². The zero-order valence-electron chi connectivity index (χ0n) is 10.6. The summed E-state index contributed by atoms with van der Waals surface area (Å²) in [5, 5.41) is 8.11. The molecule has 1 aliphatic rings. The van der Waals surface area contributed by atoms with E-state index in [9.17, 15) is 0 Å². The summed E-state index contributed by atoms with van der Waals surface area (Å²) in [6, 6.07) is 0.858. The zero-order chi connectivity index (χ0) is 11.7. The standard InChI is InChI=1S/C12H21N3O/c1-8(2)15-10(4)12(9(3)14-15)13-11-5-6-16-7-11/h8,11,13H,5-7H2,1-4H3. The van der Waals surface area contributed by atoms with E-state index in [4.69, 9.17) is 4.74 Å². The minimum atomic E-state index is 0.411. The molecule has 4 nitrogen and oxygen atoms in total. The molecular weight excluding hydrogens is 202 g/mol. The van der Waals surface area contributed by atoms with Crippen molar-refractivity contribution in [3.63, 3.8) is 0 Å². The number of aromatic nitrogens is 2. The van der Waals surface area contributed by atoms with E-state index >= 15 is 0 Å². The second kappa shape index (κ2) is 4.45. The van der Waals surface area contributed by atoms with Gasteiger partial charge in [0.05, 0.1) is 29.7 Å². The fraction of sp³-hybridized carbons (Fsp3) is 0.750. The van der Waals surface area contributed by atoms with Crippen LogP contribution in [0.2, 0.25) is 0 Å². The molecule has 90 valence electrons. The lowest BCUT2D eigenvalue weighted by molar-refractivity contribution is 0.195. The van der Waals surface area contributed by atoms with Gasteiger partial charge >= 0.3 is 0 Å². The number of nitrogens with zero attached hydrogens (tertiary/aromatic N) is 2. The van der Waals surface area contributed by atoms with Crippen LogP contribution in [0.4, 0.5) is 5.69 Å². The van der Waals surface area contributed by atoms with Crippen molar-refractivity contribution in [3.8, 4) is 0 Å². The normalized spacial score (nSPS) is 20.7. The molecule has 0 aliphatic carbocycles. The highest BCUT2D eigenvalue weighted by Crippen LogP contribution is 2.24. The van der Waals surface area contributed by atoms with Crippen molar-refractivity contribution >= 4 is 5.69 Å². The van der Waals surface area contributed by atoms with Crippen LogP contribution in [0.5, 0.6) is 0 Å². The fourth-order valence-corrected chi connectivity index (χ4v) is 2.23. The summed E-state index contributed by atoms with van der Waals surface area (Å²) in [5.74, 6) is 0.